The lowest BCUT2D eigenvalue weighted by Gasteiger charge is -2.23. The highest BCUT2D eigenvalue weighted by Gasteiger charge is 2.22. The van der Waals surface area contributed by atoms with E-state index < -0.39 is 165 Å². The van der Waals surface area contributed by atoms with Crippen molar-refractivity contribution in [1.82, 2.24) is 0 Å². The maximum Gasteiger partial charge on any atom is 0.0635 e. The summed E-state index contributed by atoms with van der Waals surface area (Å²) in [6, 6.07) is -14.6. The zero-order valence-electron chi connectivity index (χ0n) is 39.5. The van der Waals surface area contributed by atoms with Crippen LogP contribution in [0.4, 0.5) is 0 Å². The molecule has 1 aliphatic rings. The first-order valence-corrected chi connectivity index (χ1v) is 11.8. The monoisotopic (exact) mass is 507 g/mol. The van der Waals surface area contributed by atoms with Crippen LogP contribution in [0.3, 0.4) is 0 Å². The molecule has 1 aliphatic heterocycles. The molecule has 0 nitrogen and oxygen atoms in total. The Morgan fingerprint density at radius 2 is 1.00 bits per heavy atom. The van der Waals surface area contributed by atoms with E-state index in [1.165, 1.54) is 6.07 Å². The minimum absolute atomic E-state index is 0.0436. The van der Waals surface area contributed by atoms with E-state index in [1.54, 1.807) is 0 Å². The van der Waals surface area contributed by atoms with Gasteiger partial charge in [-0.05, 0) is 72.4 Å². The van der Waals surface area contributed by atoms with Crippen LogP contribution in [0.25, 0.3) is 65.7 Å². The maximum atomic E-state index is 9.52. The standard InChI is InChI=1S/C36H22S/c1-2-11-23(12-3-1)34-26-14-4-6-16-28(26)35(29-17-7-5-15-27(29)34)31-21-22-33-36-25(18-10-19-30(31)36)24-13-8-9-20-32(24)37-33/h1-22H/i1D,2D,3D,4D,5D,6D,7D,8D,9D,10D,11D,12D,13D,14D,15D,16D,17D,18D,19D,21D,22D. The molecule has 0 spiro atoms. The van der Waals surface area contributed by atoms with Crippen molar-refractivity contribution in [3.63, 3.8) is 0 Å². The molecule has 0 bridgehead atoms. The molecule has 0 aliphatic carbocycles. The highest BCUT2D eigenvalue weighted by Crippen LogP contribution is 2.51. The van der Waals surface area contributed by atoms with Gasteiger partial charge in [0.15, 0.2) is 0 Å². The molecule has 1 heterocycles. The average molecular weight is 508 g/mol. The summed E-state index contributed by atoms with van der Waals surface area (Å²) in [7, 11) is 0. The third-order valence-electron chi connectivity index (χ3n) is 6.20. The van der Waals surface area contributed by atoms with Gasteiger partial charge in [-0.2, -0.15) is 0 Å². The van der Waals surface area contributed by atoms with E-state index in [0.717, 1.165) is 11.8 Å². The second kappa shape index (κ2) is 8.09. The SMILES string of the molecule is [2H]c1cc2c(c([2H])c1[2H])-c1c([2H])c([2H])c([2H])c3c(-c4c5c([2H])c([2H])c([2H])c([2H])c5c(-c5c([2H])c([2H])c([2H])c([2H])c5[2H])c5c([2H])c([2H])c([2H])c([2H])c45)c([2H])c([2H])c(c13)S2. The number of fused-ring (bicyclic) bond motifs is 4. The van der Waals surface area contributed by atoms with Gasteiger partial charge < -0.3 is 0 Å². The van der Waals surface area contributed by atoms with Gasteiger partial charge in [0, 0.05) is 15.2 Å². The van der Waals surface area contributed by atoms with E-state index >= 15 is 0 Å². The van der Waals surface area contributed by atoms with Crippen LogP contribution in [0.15, 0.2) is 143 Å². The maximum absolute atomic E-state index is 9.52. The fraction of sp³-hybridized carbons (Fsp3) is 0. The van der Waals surface area contributed by atoms with Gasteiger partial charge in [-0.15, -0.1) is 0 Å². The average Bonchev–Trinajstić information content (AvgIpc) is 3.19. The molecular weight excluding hydrogens is 464 g/mol. The lowest BCUT2D eigenvalue weighted by atomic mass is 9.84. The number of hydrogen-bond acceptors (Lipinski definition) is 1. The summed E-state index contributed by atoms with van der Waals surface area (Å²) in [6.07, 6.45) is 0. The lowest BCUT2D eigenvalue weighted by molar-refractivity contribution is 1.40. The minimum atomic E-state index is -0.871. The van der Waals surface area contributed by atoms with Gasteiger partial charge >= 0.3 is 0 Å². The second-order valence-corrected chi connectivity index (χ2v) is 9.14. The van der Waals surface area contributed by atoms with Crippen LogP contribution in [0.1, 0.15) is 28.8 Å². The van der Waals surface area contributed by atoms with E-state index in [1.807, 2.05) is 0 Å². The molecule has 0 saturated carbocycles. The zero-order valence-corrected chi connectivity index (χ0v) is 19.3. The van der Waals surface area contributed by atoms with Crippen molar-refractivity contribution >= 4 is 44.1 Å². The number of rotatable bonds is 2. The Morgan fingerprint density at radius 1 is 0.405 bits per heavy atom. The summed E-state index contributed by atoms with van der Waals surface area (Å²) >= 11 is 0.819. The predicted molar refractivity (Wildman–Crippen MR) is 159 cm³/mol. The van der Waals surface area contributed by atoms with Gasteiger partial charge in [0.05, 0.1) is 28.8 Å². The van der Waals surface area contributed by atoms with Gasteiger partial charge in [0.25, 0.3) is 0 Å². The van der Waals surface area contributed by atoms with Crippen molar-refractivity contribution in [2.24, 2.45) is 0 Å². The quantitative estimate of drug-likeness (QED) is 0.210. The molecular formula is C36H22S. The molecule has 8 rings (SSSR count). The van der Waals surface area contributed by atoms with Gasteiger partial charge in [-0.25, -0.2) is 0 Å². The van der Waals surface area contributed by atoms with Crippen LogP contribution in [0.5, 0.6) is 0 Å². The van der Waals surface area contributed by atoms with E-state index in [2.05, 4.69) is 0 Å². The van der Waals surface area contributed by atoms with Gasteiger partial charge in [0.1, 0.15) is 0 Å². The Bertz CT molecular complexity index is 3050. The largest absolute Gasteiger partial charge is 0.0888 e. The van der Waals surface area contributed by atoms with Crippen LogP contribution in [-0.2, 0) is 0 Å². The van der Waals surface area contributed by atoms with Crippen molar-refractivity contribution in [3.8, 4) is 33.4 Å². The van der Waals surface area contributed by atoms with Crippen molar-refractivity contribution < 1.29 is 28.8 Å². The predicted octanol–water partition coefficient (Wildman–Crippen LogP) is 10.6. The highest BCUT2D eigenvalue weighted by molar-refractivity contribution is 7.99. The first kappa shape index (κ1) is 8.90. The van der Waals surface area contributed by atoms with E-state index in [4.69, 9.17) is 19.2 Å². The summed E-state index contributed by atoms with van der Waals surface area (Å²) in [5.74, 6) is 0. The first-order valence-electron chi connectivity index (χ1n) is 21.5. The molecule has 0 unspecified atom stereocenters. The molecule has 0 amide bonds. The normalized spacial score (nSPS) is 20.2. The molecule has 37 heavy (non-hydrogen) atoms. The van der Waals surface area contributed by atoms with Crippen molar-refractivity contribution in [2.75, 3.05) is 0 Å². The number of benzene rings is 7. The second-order valence-electron chi connectivity index (χ2n) is 8.08. The molecule has 0 fully saturated rings. The summed E-state index contributed by atoms with van der Waals surface area (Å²) < 4.78 is 186. The van der Waals surface area contributed by atoms with E-state index in [9.17, 15) is 9.60 Å². The van der Waals surface area contributed by atoms with Crippen LogP contribution in [-0.4, -0.2) is 0 Å². The fourth-order valence-corrected chi connectivity index (χ4v) is 5.73. The number of hydrogen-bond donors (Lipinski definition) is 0. The van der Waals surface area contributed by atoms with Gasteiger partial charge in [-0.1, -0.05) is 133 Å². The van der Waals surface area contributed by atoms with Crippen LogP contribution < -0.4 is 0 Å². The Hall–Kier alpha value is -4.33. The lowest BCUT2D eigenvalue weighted by Crippen LogP contribution is -1.95. The minimum Gasteiger partial charge on any atom is -0.0888 e. The summed E-state index contributed by atoms with van der Waals surface area (Å²) in [5, 5.41) is -2.75. The Morgan fingerprint density at radius 3 is 1.73 bits per heavy atom. The third kappa shape index (κ3) is 3.05. The van der Waals surface area contributed by atoms with Gasteiger partial charge in [0.2, 0.25) is 0 Å². The van der Waals surface area contributed by atoms with Crippen molar-refractivity contribution in [1.29, 1.82) is 0 Å². The molecule has 172 valence electrons. The third-order valence-corrected chi connectivity index (χ3v) is 7.25. The Kier molecular flexibility index (Phi) is 1.95. The van der Waals surface area contributed by atoms with Crippen molar-refractivity contribution in [3.05, 3.63) is 133 Å². The summed E-state index contributed by atoms with van der Waals surface area (Å²) in [4.78, 5) is 0.117. The highest BCUT2D eigenvalue weighted by atomic mass is 32.2. The van der Waals surface area contributed by atoms with Crippen LogP contribution in [0, 0.1) is 0 Å². The summed E-state index contributed by atoms with van der Waals surface area (Å²) in [5.41, 5.74) is -2.52. The van der Waals surface area contributed by atoms with E-state index in [0.29, 0.717) is 0 Å². The van der Waals surface area contributed by atoms with Crippen molar-refractivity contribution in [2.45, 2.75) is 9.79 Å². The topological polar surface area (TPSA) is 0 Å². The molecule has 0 saturated heterocycles. The molecule has 0 aromatic heterocycles. The van der Waals surface area contributed by atoms with E-state index in [-0.39, 0.29) is 37.7 Å². The smallest absolute Gasteiger partial charge is 0.0635 e. The fourth-order valence-electron chi connectivity index (χ4n) is 4.73. The van der Waals surface area contributed by atoms with Crippen LogP contribution in [0.2, 0.25) is 0 Å². The first-order chi connectivity index (χ1) is 27.1. The molecule has 0 atom stereocenters. The molecule has 0 radical (unpaired) electrons. The zero-order chi connectivity index (χ0) is 42.6. The molecule has 7 aromatic carbocycles. The summed E-state index contributed by atoms with van der Waals surface area (Å²) in [6.45, 7) is 0. The van der Waals surface area contributed by atoms with Crippen LogP contribution >= 0.6 is 11.8 Å². The van der Waals surface area contributed by atoms with Gasteiger partial charge in [-0.3, -0.25) is 0 Å². The Labute approximate surface area is 249 Å². The molecule has 7 aromatic rings. The molecule has 1 heteroatoms. The molecule has 0 N–H and O–H groups in total. The Balaban J connectivity index is 1.78.